The van der Waals surface area contributed by atoms with Gasteiger partial charge in [-0.05, 0) is 49.7 Å². The Hall–Kier alpha value is -3.09. The summed E-state index contributed by atoms with van der Waals surface area (Å²) in [5.41, 5.74) is 2.30. The molecule has 25 heavy (non-hydrogen) atoms. The highest BCUT2D eigenvalue weighted by atomic mass is 16.6. The molecule has 7 nitrogen and oxygen atoms in total. The molecule has 1 amide bonds. The van der Waals surface area contributed by atoms with Crippen molar-refractivity contribution in [1.29, 1.82) is 0 Å². The number of rotatable bonds is 8. The van der Waals surface area contributed by atoms with Crippen LogP contribution in [-0.4, -0.2) is 30.5 Å². The van der Waals surface area contributed by atoms with Gasteiger partial charge in [-0.2, -0.15) is 0 Å². The first-order valence-electron chi connectivity index (χ1n) is 8.01. The number of nitrogens with one attached hydrogen (secondary N) is 2. The van der Waals surface area contributed by atoms with Gasteiger partial charge in [0, 0.05) is 36.5 Å². The van der Waals surface area contributed by atoms with Gasteiger partial charge in [0.1, 0.15) is 5.75 Å². The van der Waals surface area contributed by atoms with E-state index in [1.807, 2.05) is 13.8 Å². The van der Waals surface area contributed by atoms with Gasteiger partial charge in [-0.1, -0.05) is 0 Å². The van der Waals surface area contributed by atoms with Crippen molar-refractivity contribution < 1.29 is 14.5 Å². The van der Waals surface area contributed by atoms with Crippen LogP contribution in [0.15, 0.2) is 42.5 Å². The first-order chi connectivity index (χ1) is 12.0. The molecule has 0 spiro atoms. The summed E-state index contributed by atoms with van der Waals surface area (Å²) in [6, 6.07) is 11.5. The predicted molar refractivity (Wildman–Crippen MR) is 96.3 cm³/mol. The molecule has 0 bridgehead atoms. The fourth-order valence-corrected chi connectivity index (χ4v) is 2.29. The van der Waals surface area contributed by atoms with E-state index >= 15 is 0 Å². The van der Waals surface area contributed by atoms with Gasteiger partial charge in [-0.15, -0.1) is 0 Å². The number of aryl methyl sites for hydroxylation is 1. The number of carbonyl (C=O) groups is 1. The molecule has 0 saturated heterocycles. The van der Waals surface area contributed by atoms with Crippen molar-refractivity contribution in [3.05, 3.63) is 63.7 Å². The fourth-order valence-electron chi connectivity index (χ4n) is 2.29. The monoisotopic (exact) mass is 343 g/mol. The number of non-ortho nitro benzene ring substituents is 1. The average Bonchev–Trinajstić information content (AvgIpc) is 2.60. The molecular formula is C18H21N3O4. The number of ether oxygens (including phenoxy) is 1. The van der Waals surface area contributed by atoms with Crippen molar-refractivity contribution in [2.24, 2.45) is 0 Å². The zero-order valence-corrected chi connectivity index (χ0v) is 14.2. The number of amides is 1. The molecule has 0 aliphatic carbocycles. The van der Waals surface area contributed by atoms with Crippen LogP contribution in [0.1, 0.15) is 22.8 Å². The van der Waals surface area contributed by atoms with Crippen LogP contribution in [0.4, 0.5) is 11.4 Å². The number of nitro benzene ring substituents is 1. The summed E-state index contributed by atoms with van der Waals surface area (Å²) in [7, 11) is 0. The number of hydrogen-bond donors (Lipinski definition) is 2. The molecule has 0 radical (unpaired) electrons. The molecule has 0 fully saturated rings. The number of nitrogens with zero attached hydrogens (tertiary/aromatic N) is 1. The highest BCUT2D eigenvalue weighted by Crippen LogP contribution is 2.19. The summed E-state index contributed by atoms with van der Waals surface area (Å²) < 4.78 is 5.46. The molecule has 0 saturated carbocycles. The minimum absolute atomic E-state index is 0.0460. The first-order valence-corrected chi connectivity index (χ1v) is 8.01. The van der Waals surface area contributed by atoms with Gasteiger partial charge in [0.25, 0.3) is 11.6 Å². The standard InChI is InChI=1S/C18H21N3O4/c1-3-25-17-9-4-14(12-13(17)2)18(22)20-11-10-19-15-5-7-16(8-6-15)21(23)24/h4-9,12,19H,3,10-11H2,1-2H3,(H,20,22). The molecule has 0 heterocycles. The smallest absolute Gasteiger partial charge is 0.269 e. The summed E-state index contributed by atoms with van der Waals surface area (Å²) in [5, 5.41) is 16.5. The van der Waals surface area contributed by atoms with Gasteiger partial charge in [-0.3, -0.25) is 14.9 Å². The minimum Gasteiger partial charge on any atom is -0.494 e. The zero-order chi connectivity index (χ0) is 18.2. The van der Waals surface area contributed by atoms with Crippen molar-refractivity contribution in [3.8, 4) is 5.75 Å². The molecular weight excluding hydrogens is 322 g/mol. The minimum atomic E-state index is -0.442. The molecule has 0 unspecified atom stereocenters. The maximum atomic E-state index is 12.1. The van der Waals surface area contributed by atoms with E-state index in [0.717, 1.165) is 17.0 Å². The van der Waals surface area contributed by atoms with E-state index in [9.17, 15) is 14.9 Å². The van der Waals surface area contributed by atoms with E-state index in [1.165, 1.54) is 12.1 Å². The summed E-state index contributed by atoms with van der Waals surface area (Å²) in [4.78, 5) is 22.3. The van der Waals surface area contributed by atoms with Gasteiger partial charge >= 0.3 is 0 Å². The van der Waals surface area contributed by atoms with Crippen molar-refractivity contribution in [2.75, 3.05) is 25.0 Å². The van der Waals surface area contributed by atoms with E-state index in [1.54, 1.807) is 30.3 Å². The van der Waals surface area contributed by atoms with E-state index in [-0.39, 0.29) is 11.6 Å². The summed E-state index contributed by atoms with van der Waals surface area (Å²) in [6.45, 7) is 5.35. The molecule has 0 aliphatic rings. The molecule has 0 atom stereocenters. The zero-order valence-electron chi connectivity index (χ0n) is 14.2. The third-order valence-corrected chi connectivity index (χ3v) is 3.55. The van der Waals surface area contributed by atoms with Crippen LogP contribution in [-0.2, 0) is 0 Å². The van der Waals surface area contributed by atoms with Crippen LogP contribution in [0.25, 0.3) is 0 Å². The van der Waals surface area contributed by atoms with Gasteiger partial charge in [0.15, 0.2) is 0 Å². The topological polar surface area (TPSA) is 93.5 Å². The Morgan fingerprint density at radius 1 is 1.16 bits per heavy atom. The van der Waals surface area contributed by atoms with Crippen LogP contribution < -0.4 is 15.4 Å². The number of benzene rings is 2. The Labute approximate surface area is 146 Å². The SMILES string of the molecule is CCOc1ccc(C(=O)NCCNc2ccc([N+](=O)[O-])cc2)cc1C. The van der Waals surface area contributed by atoms with Gasteiger partial charge in [0.2, 0.25) is 0 Å². The lowest BCUT2D eigenvalue weighted by Crippen LogP contribution is -2.28. The molecule has 2 rings (SSSR count). The highest BCUT2D eigenvalue weighted by Gasteiger charge is 2.08. The summed E-state index contributed by atoms with van der Waals surface area (Å²) in [5.74, 6) is 0.621. The second-order valence-electron chi connectivity index (χ2n) is 5.40. The third kappa shape index (κ3) is 5.20. The van der Waals surface area contributed by atoms with Crippen LogP contribution in [0, 0.1) is 17.0 Å². The lowest BCUT2D eigenvalue weighted by molar-refractivity contribution is -0.384. The average molecular weight is 343 g/mol. The second kappa shape index (κ2) is 8.68. The molecule has 2 aromatic rings. The van der Waals surface area contributed by atoms with E-state index < -0.39 is 4.92 Å². The molecule has 0 aliphatic heterocycles. The Morgan fingerprint density at radius 3 is 2.48 bits per heavy atom. The van der Waals surface area contributed by atoms with Crippen molar-refractivity contribution in [2.45, 2.75) is 13.8 Å². The second-order valence-corrected chi connectivity index (χ2v) is 5.40. The molecule has 7 heteroatoms. The third-order valence-electron chi connectivity index (χ3n) is 3.55. The first kappa shape index (κ1) is 18.3. The number of carbonyl (C=O) groups excluding carboxylic acids is 1. The van der Waals surface area contributed by atoms with Crippen LogP contribution in [0.5, 0.6) is 5.75 Å². The molecule has 2 aromatic carbocycles. The van der Waals surface area contributed by atoms with Crippen molar-refractivity contribution in [3.63, 3.8) is 0 Å². The lowest BCUT2D eigenvalue weighted by atomic mass is 10.1. The number of anilines is 1. The number of nitro groups is 1. The normalized spacial score (nSPS) is 10.2. The van der Waals surface area contributed by atoms with Crippen LogP contribution >= 0.6 is 0 Å². The molecule has 132 valence electrons. The lowest BCUT2D eigenvalue weighted by Gasteiger charge is -2.10. The highest BCUT2D eigenvalue weighted by molar-refractivity contribution is 5.94. The summed E-state index contributed by atoms with van der Waals surface area (Å²) >= 11 is 0. The Bertz CT molecular complexity index is 744. The number of hydrogen-bond acceptors (Lipinski definition) is 5. The fraction of sp³-hybridized carbons (Fsp3) is 0.278. The Balaban J connectivity index is 1.80. The van der Waals surface area contributed by atoms with E-state index in [2.05, 4.69) is 10.6 Å². The maximum Gasteiger partial charge on any atom is 0.269 e. The van der Waals surface area contributed by atoms with Gasteiger partial charge in [0.05, 0.1) is 11.5 Å². The van der Waals surface area contributed by atoms with Crippen LogP contribution in [0.2, 0.25) is 0 Å². The summed E-state index contributed by atoms with van der Waals surface area (Å²) in [6.07, 6.45) is 0. The molecule has 0 aromatic heterocycles. The Kier molecular flexibility index (Phi) is 6.33. The Morgan fingerprint density at radius 2 is 1.88 bits per heavy atom. The largest absolute Gasteiger partial charge is 0.494 e. The van der Waals surface area contributed by atoms with E-state index in [0.29, 0.717) is 25.3 Å². The van der Waals surface area contributed by atoms with Gasteiger partial charge < -0.3 is 15.4 Å². The van der Waals surface area contributed by atoms with Crippen molar-refractivity contribution >= 4 is 17.3 Å². The van der Waals surface area contributed by atoms with Crippen molar-refractivity contribution in [1.82, 2.24) is 5.32 Å². The predicted octanol–water partition coefficient (Wildman–Crippen LogP) is 3.14. The molecule has 2 N–H and O–H groups in total. The van der Waals surface area contributed by atoms with Crippen LogP contribution in [0.3, 0.4) is 0 Å². The van der Waals surface area contributed by atoms with Gasteiger partial charge in [-0.25, -0.2) is 0 Å². The van der Waals surface area contributed by atoms with E-state index in [4.69, 9.17) is 4.74 Å². The quantitative estimate of drug-likeness (QED) is 0.436. The maximum absolute atomic E-state index is 12.1.